The van der Waals surface area contributed by atoms with E-state index in [9.17, 15) is 5.11 Å². The van der Waals surface area contributed by atoms with E-state index in [1.54, 1.807) is 7.11 Å². The van der Waals surface area contributed by atoms with E-state index in [0.717, 1.165) is 16.7 Å². The van der Waals surface area contributed by atoms with Crippen LogP contribution in [0.5, 0.6) is 0 Å². The molecule has 0 saturated carbocycles. The van der Waals surface area contributed by atoms with Crippen LogP contribution in [0.25, 0.3) is 0 Å². The zero-order valence-electron chi connectivity index (χ0n) is 20.3. The molecule has 1 aliphatic rings. The summed E-state index contributed by atoms with van der Waals surface area (Å²) in [5.74, 6) is 0. The Morgan fingerprint density at radius 3 is 1.71 bits per heavy atom. The Kier molecular flexibility index (Phi) is 9.04. The van der Waals surface area contributed by atoms with Gasteiger partial charge in [-0.05, 0) is 23.6 Å². The highest BCUT2D eigenvalue weighted by Gasteiger charge is 2.56. The molecule has 1 N–H and O–H groups in total. The zero-order valence-corrected chi connectivity index (χ0v) is 20.3. The summed E-state index contributed by atoms with van der Waals surface area (Å²) in [5.41, 5.74) is 2.07. The molecule has 1 fully saturated rings. The van der Waals surface area contributed by atoms with Crippen LogP contribution >= 0.6 is 0 Å². The molecule has 3 aromatic rings. The first-order valence-electron chi connectivity index (χ1n) is 11.9. The Hall–Kier alpha value is -2.58. The van der Waals surface area contributed by atoms with Crippen LogP contribution in [0, 0.1) is 0 Å². The van der Waals surface area contributed by atoms with Gasteiger partial charge in [0.25, 0.3) is 0 Å². The van der Waals surface area contributed by atoms with Crippen molar-refractivity contribution in [3.8, 4) is 0 Å². The lowest BCUT2D eigenvalue weighted by atomic mass is 9.85. The predicted octanol–water partition coefficient (Wildman–Crippen LogP) is 4.50. The van der Waals surface area contributed by atoms with Crippen LogP contribution in [0.3, 0.4) is 0 Å². The molecule has 5 atom stereocenters. The lowest BCUT2D eigenvalue weighted by molar-refractivity contribution is -0.350. The Bertz CT molecular complexity index is 999. The number of ether oxygens (including phenoxy) is 5. The molecule has 6 nitrogen and oxygen atoms in total. The maximum Gasteiger partial charge on any atom is 0.186 e. The molecule has 0 unspecified atom stereocenters. The topological polar surface area (TPSA) is 66.4 Å². The predicted molar refractivity (Wildman–Crippen MR) is 132 cm³/mol. The second-order valence-corrected chi connectivity index (χ2v) is 8.85. The van der Waals surface area contributed by atoms with Crippen molar-refractivity contribution in [3.63, 3.8) is 0 Å². The monoisotopic (exact) mass is 478 g/mol. The van der Waals surface area contributed by atoms with Crippen molar-refractivity contribution >= 4 is 0 Å². The van der Waals surface area contributed by atoms with E-state index < -0.39 is 30.2 Å². The number of aliphatic hydroxyl groups is 1. The second-order valence-electron chi connectivity index (χ2n) is 8.85. The first-order chi connectivity index (χ1) is 17.1. The largest absolute Gasteiger partial charge is 0.394 e. The first kappa shape index (κ1) is 25.5. The Morgan fingerprint density at radius 2 is 1.23 bits per heavy atom. The van der Waals surface area contributed by atoms with Crippen LogP contribution in [0.1, 0.15) is 23.6 Å². The molecule has 186 valence electrons. The molecule has 1 heterocycles. The molecule has 0 aliphatic carbocycles. The SMILES string of the molecule is CO[C@H]1O[C@H](CO)[C@@](C)(OCc2ccccc2)[C@H](OCc2ccccc2)[C@H]1OCc1ccccc1. The summed E-state index contributed by atoms with van der Waals surface area (Å²) < 4.78 is 31.2. The molecule has 6 heteroatoms. The fourth-order valence-corrected chi connectivity index (χ4v) is 4.38. The van der Waals surface area contributed by atoms with Gasteiger partial charge in [0, 0.05) is 7.11 Å². The average Bonchev–Trinajstić information content (AvgIpc) is 2.92. The van der Waals surface area contributed by atoms with Gasteiger partial charge in [0.05, 0.1) is 26.4 Å². The molecule has 0 amide bonds. The van der Waals surface area contributed by atoms with Gasteiger partial charge in [0.15, 0.2) is 6.29 Å². The minimum absolute atomic E-state index is 0.248. The summed E-state index contributed by atoms with van der Waals surface area (Å²) in [4.78, 5) is 0. The molecule has 0 bridgehead atoms. The summed E-state index contributed by atoms with van der Waals surface area (Å²) >= 11 is 0. The lowest BCUT2D eigenvalue weighted by Crippen LogP contribution is -2.68. The number of hydrogen-bond acceptors (Lipinski definition) is 6. The molecule has 0 aromatic heterocycles. The normalized spacial score (nSPS) is 26.5. The van der Waals surface area contributed by atoms with Crippen molar-refractivity contribution in [1.29, 1.82) is 0 Å². The number of rotatable bonds is 11. The standard InChI is InChI=1S/C29H34O6/c1-29(34-21-24-16-10-5-11-17-24)25(18-30)35-28(31-2)26(32-19-22-12-6-3-7-13-22)27(29)33-20-23-14-8-4-9-15-23/h3-17,25-28,30H,18-21H2,1-2H3/t25-,26-,27-,28+,29-/m1/s1. The Morgan fingerprint density at radius 1 is 0.743 bits per heavy atom. The summed E-state index contributed by atoms with van der Waals surface area (Å²) in [7, 11) is 1.57. The first-order valence-corrected chi connectivity index (χ1v) is 11.9. The number of hydrogen-bond donors (Lipinski definition) is 1. The van der Waals surface area contributed by atoms with E-state index in [2.05, 4.69) is 0 Å². The second kappa shape index (κ2) is 12.4. The maximum absolute atomic E-state index is 10.3. The van der Waals surface area contributed by atoms with E-state index in [1.165, 1.54) is 0 Å². The maximum atomic E-state index is 10.3. The quantitative estimate of drug-likeness (QED) is 0.438. The third-order valence-electron chi connectivity index (χ3n) is 6.42. The number of benzene rings is 3. The minimum atomic E-state index is -1.00. The van der Waals surface area contributed by atoms with E-state index in [4.69, 9.17) is 23.7 Å². The molecule has 3 aromatic carbocycles. The Balaban J connectivity index is 1.62. The van der Waals surface area contributed by atoms with Gasteiger partial charge in [-0.15, -0.1) is 0 Å². The number of aliphatic hydroxyl groups excluding tert-OH is 1. The summed E-state index contributed by atoms with van der Waals surface area (Å²) in [6.07, 6.45) is -2.57. The van der Waals surface area contributed by atoms with E-state index in [-0.39, 0.29) is 6.61 Å². The van der Waals surface area contributed by atoms with Gasteiger partial charge in [-0.1, -0.05) is 91.0 Å². The van der Waals surface area contributed by atoms with Gasteiger partial charge < -0.3 is 28.8 Å². The molecule has 35 heavy (non-hydrogen) atoms. The molecular weight excluding hydrogens is 444 g/mol. The fraction of sp³-hybridized carbons (Fsp3) is 0.379. The van der Waals surface area contributed by atoms with Gasteiger partial charge >= 0.3 is 0 Å². The van der Waals surface area contributed by atoms with E-state index >= 15 is 0 Å². The summed E-state index contributed by atoms with van der Waals surface area (Å²) in [5, 5.41) is 10.3. The van der Waals surface area contributed by atoms with Crippen molar-refractivity contribution in [2.24, 2.45) is 0 Å². The van der Waals surface area contributed by atoms with Crippen LogP contribution in [-0.2, 0) is 43.5 Å². The molecule has 4 rings (SSSR count). The van der Waals surface area contributed by atoms with Crippen LogP contribution in [0.15, 0.2) is 91.0 Å². The third-order valence-corrected chi connectivity index (χ3v) is 6.42. The van der Waals surface area contributed by atoms with E-state index in [1.807, 2.05) is 97.9 Å². The van der Waals surface area contributed by atoms with Crippen molar-refractivity contribution in [3.05, 3.63) is 108 Å². The highest BCUT2D eigenvalue weighted by Crippen LogP contribution is 2.38. The van der Waals surface area contributed by atoms with Crippen LogP contribution in [0.4, 0.5) is 0 Å². The van der Waals surface area contributed by atoms with Gasteiger partial charge in [0.2, 0.25) is 0 Å². The molecule has 1 saturated heterocycles. The molecular formula is C29H34O6. The Labute approximate surface area is 207 Å². The van der Waals surface area contributed by atoms with E-state index in [0.29, 0.717) is 19.8 Å². The molecule has 0 radical (unpaired) electrons. The highest BCUT2D eigenvalue weighted by atomic mass is 16.7. The van der Waals surface area contributed by atoms with Crippen LogP contribution < -0.4 is 0 Å². The third kappa shape index (κ3) is 6.35. The van der Waals surface area contributed by atoms with Crippen LogP contribution in [0.2, 0.25) is 0 Å². The van der Waals surface area contributed by atoms with Crippen molar-refractivity contribution in [2.45, 2.75) is 56.9 Å². The van der Waals surface area contributed by atoms with Gasteiger partial charge in [-0.25, -0.2) is 0 Å². The van der Waals surface area contributed by atoms with Crippen molar-refractivity contribution in [1.82, 2.24) is 0 Å². The summed E-state index contributed by atoms with van der Waals surface area (Å²) in [6.45, 7) is 2.72. The smallest absolute Gasteiger partial charge is 0.186 e. The highest BCUT2D eigenvalue weighted by molar-refractivity contribution is 5.16. The van der Waals surface area contributed by atoms with Gasteiger partial charge in [-0.2, -0.15) is 0 Å². The van der Waals surface area contributed by atoms with Crippen molar-refractivity contribution in [2.75, 3.05) is 13.7 Å². The molecule has 0 spiro atoms. The van der Waals surface area contributed by atoms with Gasteiger partial charge in [0.1, 0.15) is 23.9 Å². The summed E-state index contributed by atoms with van der Waals surface area (Å²) in [6, 6.07) is 29.8. The molecule has 1 aliphatic heterocycles. The van der Waals surface area contributed by atoms with Crippen molar-refractivity contribution < 1.29 is 28.8 Å². The zero-order chi connectivity index (χ0) is 24.5. The number of methoxy groups -OCH3 is 1. The minimum Gasteiger partial charge on any atom is -0.394 e. The average molecular weight is 479 g/mol. The van der Waals surface area contributed by atoms with Gasteiger partial charge in [-0.3, -0.25) is 0 Å². The fourth-order valence-electron chi connectivity index (χ4n) is 4.38. The lowest BCUT2D eigenvalue weighted by Gasteiger charge is -2.51. The van der Waals surface area contributed by atoms with Crippen LogP contribution in [-0.4, -0.2) is 49.0 Å².